The SMILES string of the molecule is COC(=O)C1=C(C)NC(C)=C(C(=O)OCC2(CN3CCCCC3)CCCCC2)C1c1cccc([N+](=O)[O-])c1. The van der Waals surface area contributed by atoms with Crippen LogP contribution in [-0.2, 0) is 19.1 Å². The molecule has 1 aliphatic carbocycles. The van der Waals surface area contributed by atoms with Crippen LogP contribution in [0.5, 0.6) is 0 Å². The lowest BCUT2D eigenvalue weighted by Crippen LogP contribution is -2.44. The number of piperidine rings is 1. The van der Waals surface area contributed by atoms with Crippen LogP contribution < -0.4 is 5.32 Å². The van der Waals surface area contributed by atoms with Gasteiger partial charge in [-0.2, -0.15) is 0 Å². The number of benzene rings is 1. The number of nitro groups is 1. The lowest BCUT2D eigenvalue weighted by molar-refractivity contribution is -0.384. The lowest BCUT2D eigenvalue weighted by atomic mass is 9.74. The van der Waals surface area contributed by atoms with Crippen molar-refractivity contribution in [2.24, 2.45) is 5.41 Å². The largest absolute Gasteiger partial charge is 0.466 e. The number of ether oxygens (including phenoxy) is 2. The molecule has 206 valence electrons. The van der Waals surface area contributed by atoms with Gasteiger partial charge in [-0.25, -0.2) is 9.59 Å². The van der Waals surface area contributed by atoms with Gasteiger partial charge in [-0.15, -0.1) is 0 Å². The first-order chi connectivity index (χ1) is 18.2. The van der Waals surface area contributed by atoms with E-state index in [-0.39, 0.29) is 22.2 Å². The molecule has 1 saturated carbocycles. The lowest BCUT2D eigenvalue weighted by Gasteiger charge is -2.42. The van der Waals surface area contributed by atoms with Gasteiger partial charge in [0.05, 0.1) is 35.7 Å². The molecule has 2 heterocycles. The van der Waals surface area contributed by atoms with Gasteiger partial charge in [-0.1, -0.05) is 37.8 Å². The van der Waals surface area contributed by atoms with E-state index in [0.29, 0.717) is 23.6 Å². The fourth-order valence-corrected chi connectivity index (χ4v) is 6.33. The van der Waals surface area contributed by atoms with Crippen molar-refractivity contribution >= 4 is 17.6 Å². The smallest absolute Gasteiger partial charge is 0.336 e. The minimum absolute atomic E-state index is 0.0836. The number of likely N-dealkylation sites (tertiary alicyclic amines) is 1. The Morgan fingerprint density at radius 3 is 2.29 bits per heavy atom. The molecule has 1 atom stereocenters. The molecule has 1 aromatic rings. The first kappa shape index (κ1) is 27.8. The van der Waals surface area contributed by atoms with Crippen LogP contribution in [0, 0.1) is 15.5 Å². The Kier molecular flexibility index (Phi) is 8.87. The van der Waals surface area contributed by atoms with E-state index in [0.717, 1.165) is 45.3 Å². The molecule has 0 amide bonds. The Morgan fingerprint density at radius 1 is 1.03 bits per heavy atom. The van der Waals surface area contributed by atoms with Gasteiger partial charge < -0.3 is 19.7 Å². The molecule has 9 heteroatoms. The highest BCUT2D eigenvalue weighted by molar-refractivity contribution is 5.99. The zero-order valence-corrected chi connectivity index (χ0v) is 22.7. The summed E-state index contributed by atoms with van der Waals surface area (Å²) in [6.45, 7) is 6.92. The van der Waals surface area contributed by atoms with Gasteiger partial charge in [0.1, 0.15) is 0 Å². The number of allylic oxidation sites excluding steroid dienone is 2. The molecule has 3 aliphatic rings. The molecule has 9 nitrogen and oxygen atoms in total. The summed E-state index contributed by atoms with van der Waals surface area (Å²) in [6.07, 6.45) is 9.18. The van der Waals surface area contributed by atoms with Gasteiger partial charge in [-0.3, -0.25) is 10.1 Å². The van der Waals surface area contributed by atoms with Crippen LogP contribution in [0.2, 0.25) is 0 Å². The monoisotopic (exact) mass is 525 g/mol. The standard InChI is InChI=1S/C29H39N3O6/c1-20-24(27(33)37-3)26(22-11-10-12-23(17-22)32(35)36)25(21(2)30-20)28(34)38-19-29(13-6-4-7-14-29)18-31-15-8-5-9-16-31/h10-12,17,26,30H,4-9,13-16,18-19H2,1-3H3. The first-order valence-electron chi connectivity index (χ1n) is 13.7. The van der Waals surface area contributed by atoms with Crippen molar-refractivity contribution in [3.63, 3.8) is 0 Å². The third-order valence-electron chi connectivity index (χ3n) is 8.23. The molecule has 1 saturated heterocycles. The number of rotatable bonds is 8. The molecule has 1 N–H and O–H groups in total. The summed E-state index contributed by atoms with van der Waals surface area (Å²) >= 11 is 0. The zero-order valence-electron chi connectivity index (χ0n) is 22.7. The average Bonchev–Trinajstić information content (AvgIpc) is 2.92. The number of esters is 2. The van der Waals surface area contributed by atoms with Crippen LogP contribution in [0.15, 0.2) is 46.8 Å². The average molecular weight is 526 g/mol. The van der Waals surface area contributed by atoms with Crippen molar-refractivity contribution in [2.45, 2.75) is 71.1 Å². The van der Waals surface area contributed by atoms with E-state index in [9.17, 15) is 19.7 Å². The zero-order chi connectivity index (χ0) is 27.3. The maximum atomic E-state index is 13.8. The Morgan fingerprint density at radius 2 is 1.66 bits per heavy atom. The van der Waals surface area contributed by atoms with Crippen molar-refractivity contribution in [1.82, 2.24) is 10.2 Å². The summed E-state index contributed by atoms with van der Waals surface area (Å²) in [7, 11) is 1.28. The van der Waals surface area contributed by atoms with Crippen LogP contribution in [0.1, 0.15) is 76.7 Å². The molecule has 1 aromatic carbocycles. The minimum atomic E-state index is -0.847. The number of nitro benzene ring substituents is 1. The third-order valence-corrected chi connectivity index (χ3v) is 8.23. The number of carbonyl (C=O) groups excluding carboxylic acids is 2. The summed E-state index contributed by atoms with van der Waals surface area (Å²) in [5, 5.41) is 14.7. The van der Waals surface area contributed by atoms with E-state index in [1.165, 1.54) is 44.9 Å². The highest BCUT2D eigenvalue weighted by Gasteiger charge is 2.40. The first-order valence-corrected chi connectivity index (χ1v) is 13.7. The fraction of sp³-hybridized carbons (Fsp3) is 0.586. The minimum Gasteiger partial charge on any atom is -0.466 e. The van der Waals surface area contributed by atoms with E-state index < -0.39 is 22.8 Å². The second-order valence-electron chi connectivity index (χ2n) is 11.0. The molecule has 0 spiro atoms. The topological polar surface area (TPSA) is 111 Å². The maximum Gasteiger partial charge on any atom is 0.336 e. The molecule has 2 aliphatic heterocycles. The summed E-state index contributed by atoms with van der Waals surface area (Å²) in [5.41, 5.74) is 1.89. The molecule has 1 unspecified atom stereocenters. The summed E-state index contributed by atoms with van der Waals surface area (Å²) < 4.78 is 11.1. The van der Waals surface area contributed by atoms with Crippen molar-refractivity contribution in [1.29, 1.82) is 0 Å². The number of dihydropyridines is 1. The Balaban J connectivity index is 1.64. The van der Waals surface area contributed by atoms with E-state index >= 15 is 0 Å². The summed E-state index contributed by atoms with van der Waals surface area (Å²) in [5.74, 6) is -1.96. The van der Waals surface area contributed by atoms with Gasteiger partial charge in [0.15, 0.2) is 0 Å². The van der Waals surface area contributed by atoms with E-state index in [4.69, 9.17) is 9.47 Å². The quantitative estimate of drug-likeness (QED) is 0.287. The predicted octanol–water partition coefficient (Wildman–Crippen LogP) is 4.98. The number of hydrogen-bond donors (Lipinski definition) is 1. The van der Waals surface area contributed by atoms with Crippen LogP contribution in [0.4, 0.5) is 5.69 Å². The molecule has 0 bridgehead atoms. The number of nitrogens with zero attached hydrogens (tertiary/aromatic N) is 2. The third kappa shape index (κ3) is 6.09. The van der Waals surface area contributed by atoms with Gasteiger partial charge in [0.25, 0.3) is 5.69 Å². The van der Waals surface area contributed by atoms with Crippen molar-refractivity contribution in [3.05, 3.63) is 62.5 Å². The van der Waals surface area contributed by atoms with Crippen LogP contribution >= 0.6 is 0 Å². The van der Waals surface area contributed by atoms with Gasteiger partial charge in [-0.05, 0) is 58.2 Å². The van der Waals surface area contributed by atoms with E-state index in [1.54, 1.807) is 26.0 Å². The maximum absolute atomic E-state index is 13.8. The Hall–Kier alpha value is -3.20. The van der Waals surface area contributed by atoms with Crippen molar-refractivity contribution in [2.75, 3.05) is 33.4 Å². The molecule has 4 rings (SSSR count). The number of nitrogens with one attached hydrogen (secondary N) is 1. The summed E-state index contributed by atoms with van der Waals surface area (Å²) in [4.78, 5) is 40.2. The Bertz CT molecular complexity index is 1130. The number of non-ortho nitro benzene ring substituents is 1. The van der Waals surface area contributed by atoms with Crippen LogP contribution in [0.3, 0.4) is 0 Å². The van der Waals surface area contributed by atoms with Gasteiger partial charge >= 0.3 is 11.9 Å². The molecular weight excluding hydrogens is 486 g/mol. The van der Waals surface area contributed by atoms with Gasteiger partial charge in [0, 0.05) is 35.5 Å². The molecule has 0 radical (unpaired) electrons. The predicted molar refractivity (Wildman–Crippen MR) is 143 cm³/mol. The molecular formula is C29H39N3O6. The highest BCUT2D eigenvalue weighted by Crippen LogP contribution is 2.42. The van der Waals surface area contributed by atoms with Gasteiger partial charge in [0.2, 0.25) is 0 Å². The van der Waals surface area contributed by atoms with E-state index in [1.807, 2.05) is 0 Å². The fourth-order valence-electron chi connectivity index (χ4n) is 6.33. The van der Waals surface area contributed by atoms with Crippen LogP contribution in [0.25, 0.3) is 0 Å². The van der Waals surface area contributed by atoms with E-state index in [2.05, 4.69) is 10.2 Å². The Labute approximate surface area is 224 Å². The molecule has 0 aromatic heterocycles. The second kappa shape index (κ2) is 12.1. The molecule has 38 heavy (non-hydrogen) atoms. The second-order valence-corrected chi connectivity index (χ2v) is 11.0. The molecule has 2 fully saturated rings. The normalized spacial score (nSPS) is 22.0. The number of carbonyl (C=O) groups is 2. The van der Waals surface area contributed by atoms with Crippen molar-refractivity contribution in [3.8, 4) is 0 Å². The highest BCUT2D eigenvalue weighted by atomic mass is 16.6. The van der Waals surface area contributed by atoms with Crippen LogP contribution in [-0.4, -0.2) is 55.1 Å². The number of methoxy groups -OCH3 is 1. The number of hydrogen-bond acceptors (Lipinski definition) is 8. The van der Waals surface area contributed by atoms with Crippen molar-refractivity contribution < 1.29 is 24.0 Å². The summed E-state index contributed by atoms with van der Waals surface area (Å²) in [6, 6.07) is 6.05.